The molecule has 1 aliphatic rings. The molecule has 0 spiro atoms. The Morgan fingerprint density at radius 3 is 2.63 bits per heavy atom. The van der Waals surface area contributed by atoms with Gasteiger partial charge in [0.25, 0.3) is 0 Å². The van der Waals surface area contributed by atoms with Gasteiger partial charge in [0, 0.05) is 24.6 Å². The van der Waals surface area contributed by atoms with Gasteiger partial charge in [-0.15, -0.1) is 0 Å². The number of benzene rings is 1. The van der Waals surface area contributed by atoms with Gasteiger partial charge in [0.15, 0.2) is 0 Å². The molecule has 4 heteroatoms. The van der Waals surface area contributed by atoms with Crippen molar-refractivity contribution in [2.45, 2.75) is 37.6 Å². The first kappa shape index (κ1) is 13.9. The van der Waals surface area contributed by atoms with Gasteiger partial charge in [0.1, 0.15) is 0 Å². The number of amides is 2. The van der Waals surface area contributed by atoms with Gasteiger partial charge in [-0.25, -0.2) is 4.79 Å². The zero-order valence-corrected chi connectivity index (χ0v) is 11.4. The van der Waals surface area contributed by atoms with E-state index in [1.54, 1.807) is 0 Å². The number of aliphatic hydroxyl groups excluding tert-OH is 1. The van der Waals surface area contributed by atoms with Gasteiger partial charge in [-0.2, -0.15) is 0 Å². The van der Waals surface area contributed by atoms with E-state index in [4.69, 9.17) is 5.11 Å². The number of hydrogen-bond donors (Lipinski definition) is 3. The highest BCUT2D eigenvalue weighted by atomic mass is 16.3. The van der Waals surface area contributed by atoms with Crippen molar-refractivity contribution in [2.75, 3.05) is 13.2 Å². The molecule has 2 amide bonds. The van der Waals surface area contributed by atoms with Crippen LogP contribution in [-0.2, 0) is 5.41 Å². The fourth-order valence-corrected chi connectivity index (χ4v) is 2.30. The third-order valence-electron chi connectivity index (χ3n) is 3.77. The number of urea groups is 1. The summed E-state index contributed by atoms with van der Waals surface area (Å²) in [7, 11) is 0. The summed E-state index contributed by atoms with van der Waals surface area (Å²) in [5.41, 5.74) is 1.44. The summed E-state index contributed by atoms with van der Waals surface area (Å²) in [6.07, 6.45) is 2.84. The smallest absolute Gasteiger partial charge is 0.315 e. The van der Waals surface area contributed by atoms with Crippen molar-refractivity contribution < 1.29 is 9.90 Å². The van der Waals surface area contributed by atoms with Crippen LogP contribution in [0.5, 0.6) is 0 Å². The van der Waals surface area contributed by atoms with Crippen molar-refractivity contribution in [2.24, 2.45) is 0 Å². The molecule has 1 aliphatic carbocycles. The first-order chi connectivity index (χ1) is 9.16. The minimum Gasteiger partial charge on any atom is -0.396 e. The number of hydrogen-bond acceptors (Lipinski definition) is 2. The maximum Gasteiger partial charge on any atom is 0.315 e. The quantitative estimate of drug-likeness (QED) is 0.732. The lowest BCUT2D eigenvalue weighted by molar-refractivity contribution is 0.230. The Labute approximate surface area is 114 Å². The van der Waals surface area contributed by atoms with Crippen LogP contribution in [-0.4, -0.2) is 30.3 Å². The summed E-state index contributed by atoms with van der Waals surface area (Å²) in [6.45, 7) is 2.66. The lowest BCUT2D eigenvalue weighted by Gasteiger charge is -2.18. The zero-order chi connectivity index (χ0) is 13.7. The SMILES string of the molecule is C[C@H](CCO)NC(=O)NCC1(c2ccccc2)CC1. The Balaban J connectivity index is 1.81. The number of nitrogens with one attached hydrogen (secondary N) is 2. The van der Waals surface area contributed by atoms with Gasteiger partial charge in [-0.3, -0.25) is 0 Å². The molecule has 0 aromatic heterocycles. The molecule has 1 aromatic carbocycles. The van der Waals surface area contributed by atoms with Crippen molar-refractivity contribution in [3.05, 3.63) is 35.9 Å². The number of carbonyl (C=O) groups is 1. The van der Waals surface area contributed by atoms with Crippen molar-refractivity contribution >= 4 is 6.03 Å². The van der Waals surface area contributed by atoms with Crippen molar-refractivity contribution in [1.82, 2.24) is 10.6 Å². The predicted molar refractivity (Wildman–Crippen MR) is 75.1 cm³/mol. The first-order valence-electron chi connectivity index (χ1n) is 6.87. The fraction of sp³-hybridized carbons (Fsp3) is 0.533. The van der Waals surface area contributed by atoms with Crippen LogP contribution < -0.4 is 10.6 Å². The summed E-state index contributed by atoms with van der Waals surface area (Å²) in [4.78, 5) is 11.7. The Morgan fingerprint density at radius 2 is 2.05 bits per heavy atom. The molecule has 0 aliphatic heterocycles. The maximum atomic E-state index is 11.7. The van der Waals surface area contributed by atoms with Gasteiger partial charge in [-0.1, -0.05) is 30.3 Å². The summed E-state index contributed by atoms with van der Waals surface area (Å²) in [5, 5.41) is 14.6. The molecule has 0 radical (unpaired) electrons. The predicted octanol–water partition coefficient (Wildman–Crippen LogP) is 1.79. The van der Waals surface area contributed by atoms with E-state index in [9.17, 15) is 4.79 Å². The van der Waals surface area contributed by atoms with Crippen molar-refractivity contribution in [3.63, 3.8) is 0 Å². The number of aliphatic hydroxyl groups is 1. The minimum atomic E-state index is -0.150. The van der Waals surface area contributed by atoms with Crippen LogP contribution in [0, 0.1) is 0 Å². The molecule has 1 saturated carbocycles. The number of carbonyl (C=O) groups excluding carboxylic acids is 1. The summed E-state index contributed by atoms with van der Waals surface area (Å²) < 4.78 is 0. The molecule has 1 fully saturated rings. The highest BCUT2D eigenvalue weighted by Crippen LogP contribution is 2.47. The molecular formula is C15H22N2O2. The molecule has 1 aromatic rings. The molecular weight excluding hydrogens is 240 g/mol. The van der Waals surface area contributed by atoms with Crippen LogP contribution in [0.3, 0.4) is 0 Å². The fourth-order valence-electron chi connectivity index (χ4n) is 2.30. The van der Waals surface area contributed by atoms with Crippen LogP contribution in [0.25, 0.3) is 0 Å². The van der Waals surface area contributed by atoms with Gasteiger partial charge in [-0.05, 0) is 31.7 Å². The summed E-state index contributed by atoms with van der Waals surface area (Å²) in [6, 6.07) is 10.2. The van der Waals surface area contributed by atoms with Gasteiger partial charge in [0.2, 0.25) is 0 Å². The normalized spacial score (nSPS) is 17.6. The average Bonchev–Trinajstić information content (AvgIpc) is 3.19. The molecule has 0 bridgehead atoms. The molecule has 19 heavy (non-hydrogen) atoms. The Bertz CT molecular complexity index is 415. The van der Waals surface area contributed by atoms with Crippen LogP contribution >= 0.6 is 0 Å². The lowest BCUT2D eigenvalue weighted by Crippen LogP contribution is -2.43. The Hall–Kier alpha value is -1.55. The Kier molecular flexibility index (Phi) is 4.43. The van der Waals surface area contributed by atoms with Gasteiger partial charge in [0.05, 0.1) is 0 Å². The molecule has 1 atom stereocenters. The molecule has 0 unspecified atom stereocenters. The molecule has 3 N–H and O–H groups in total. The summed E-state index contributed by atoms with van der Waals surface area (Å²) >= 11 is 0. The molecule has 4 nitrogen and oxygen atoms in total. The third-order valence-corrected chi connectivity index (χ3v) is 3.77. The maximum absolute atomic E-state index is 11.7. The third kappa shape index (κ3) is 3.70. The van der Waals surface area contributed by atoms with E-state index in [1.807, 2.05) is 25.1 Å². The van der Waals surface area contributed by atoms with Crippen LogP contribution in [0.2, 0.25) is 0 Å². The van der Waals surface area contributed by atoms with Crippen LogP contribution in [0.1, 0.15) is 31.7 Å². The van der Waals surface area contributed by atoms with Gasteiger partial charge >= 0.3 is 6.03 Å². The summed E-state index contributed by atoms with van der Waals surface area (Å²) in [5.74, 6) is 0. The van der Waals surface area contributed by atoms with E-state index < -0.39 is 0 Å². The topological polar surface area (TPSA) is 61.4 Å². The highest BCUT2D eigenvalue weighted by molar-refractivity contribution is 5.74. The van der Waals surface area contributed by atoms with Crippen molar-refractivity contribution in [3.8, 4) is 0 Å². The average molecular weight is 262 g/mol. The second-order valence-corrected chi connectivity index (χ2v) is 5.39. The monoisotopic (exact) mass is 262 g/mol. The van der Waals surface area contributed by atoms with E-state index in [2.05, 4.69) is 22.8 Å². The standard InChI is InChI=1S/C15H22N2O2/c1-12(7-10-18)17-14(19)16-11-15(8-9-15)13-5-3-2-4-6-13/h2-6,12,18H,7-11H2,1H3,(H2,16,17,19)/t12-/m1/s1. The van der Waals surface area contributed by atoms with E-state index in [1.165, 1.54) is 5.56 Å². The second-order valence-electron chi connectivity index (χ2n) is 5.39. The first-order valence-corrected chi connectivity index (χ1v) is 6.87. The molecule has 2 rings (SSSR count). The highest BCUT2D eigenvalue weighted by Gasteiger charge is 2.44. The Morgan fingerprint density at radius 1 is 1.37 bits per heavy atom. The lowest BCUT2D eigenvalue weighted by atomic mass is 9.96. The van der Waals surface area contributed by atoms with E-state index in [0.29, 0.717) is 13.0 Å². The zero-order valence-electron chi connectivity index (χ0n) is 11.4. The van der Waals surface area contributed by atoms with E-state index in [0.717, 1.165) is 12.8 Å². The number of rotatable bonds is 6. The van der Waals surface area contributed by atoms with E-state index >= 15 is 0 Å². The molecule has 0 heterocycles. The van der Waals surface area contributed by atoms with Crippen LogP contribution in [0.15, 0.2) is 30.3 Å². The van der Waals surface area contributed by atoms with Gasteiger partial charge < -0.3 is 15.7 Å². The molecule has 0 saturated heterocycles. The van der Waals surface area contributed by atoms with Crippen molar-refractivity contribution in [1.29, 1.82) is 0 Å². The second kappa shape index (κ2) is 6.06. The largest absolute Gasteiger partial charge is 0.396 e. The molecule has 104 valence electrons. The van der Waals surface area contributed by atoms with E-state index in [-0.39, 0.29) is 24.1 Å². The van der Waals surface area contributed by atoms with Crippen LogP contribution in [0.4, 0.5) is 4.79 Å². The minimum absolute atomic E-state index is 0.00289.